The van der Waals surface area contributed by atoms with E-state index in [4.69, 9.17) is 0 Å². The van der Waals surface area contributed by atoms with Gasteiger partial charge in [0.25, 0.3) is 0 Å². The van der Waals surface area contributed by atoms with Crippen LogP contribution in [0, 0.1) is 29.6 Å². The van der Waals surface area contributed by atoms with Gasteiger partial charge in [-0.1, -0.05) is 18.2 Å². The second-order valence-electron chi connectivity index (χ2n) is 9.01. The maximum Gasteiger partial charge on any atom is 0.237 e. The molecular weight excluding hydrogens is 282 g/mol. The Hall–Kier alpha value is -1.31. The molecule has 1 atom stereocenters. The van der Waals surface area contributed by atoms with E-state index in [-0.39, 0.29) is 5.41 Å². The van der Waals surface area contributed by atoms with Crippen LogP contribution < -0.4 is 4.90 Å². The van der Waals surface area contributed by atoms with Gasteiger partial charge in [-0.3, -0.25) is 4.79 Å². The smallest absolute Gasteiger partial charge is 0.237 e. The number of carbonyl (C=O) groups excluding carboxylic acids is 1. The molecule has 1 aliphatic heterocycles. The summed E-state index contributed by atoms with van der Waals surface area (Å²) in [6.07, 6.45) is 8.35. The lowest BCUT2D eigenvalue weighted by Gasteiger charge is -2.55. The Morgan fingerprint density at radius 3 is 2.30 bits per heavy atom. The molecule has 0 spiro atoms. The Morgan fingerprint density at radius 2 is 1.65 bits per heavy atom. The molecule has 5 aliphatic rings. The number of anilines is 1. The Labute approximate surface area is 139 Å². The van der Waals surface area contributed by atoms with Gasteiger partial charge in [0.1, 0.15) is 0 Å². The molecule has 4 bridgehead atoms. The Morgan fingerprint density at radius 1 is 1.04 bits per heavy atom. The highest BCUT2D eigenvalue weighted by Gasteiger charge is 2.53. The van der Waals surface area contributed by atoms with Crippen LogP contribution in [0.3, 0.4) is 0 Å². The van der Waals surface area contributed by atoms with Crippen LogP contribution in [0.1, 0.15) is 51.0 Å². The number of carbonyl (C=O) groups is 1. The molecule has 122 valence electrons. The van der Waals surface area contributed by atoms with Crippen molar-refractivity contribution in [2.45, 2.75) is 50.9 Å². The number of nitrogens with zero attached hydrogens (tertiary/aromatic N) is 1. The van der Waals surface area contributed by atoms with E-state index in [1.165, 1.54) is 37.7 Å². The molecule has 0 aromatic heterocycles. The molecule has 23 heavy (non-hydrogen) atoms. The first-order chi connectivity index (χ1) is 11.1. The molecule has 2 nitrogen and oxygen atoms in total. The minimum absolute atomic E-state index is 0.300. The van der Waals surface area contributed by atoms with Crippen LogP contribution in [0.25, 0.3) is 0 Å². The Kier molecular flexibility index (Phi) is 2.82. The van der Waals surface area contributed by atoms with E-state index in [2.05, 4.69) is 31.2 Å². The van der Waals surface area contributed by atoms with Crippen LogP contribution in [-0.4, -0.2) is 13.0 Å². The first kappa shape index (κ1) is 14.1. The lowest BCUT2D eigenvalue weighted by molar-refractivity contribution is -0.124. The van der Waals surface area contributed by atoms with Gasteiger partial charge in [0.15, 0.2) is 0 Å². The highest BCUT2D eigenvalue weighted by atomic mass is 16.2. The Bertz CT molecular complexity index is 638. The van der Waals surface area contributed by atoms with E-state index in [0.29, 0.717) is 5.91 Å². The predicted molar refractivity (Wildman–Crippen MR) is 92.4 cm³/mol. The standard InChI is InChI=1S/C21H27NO/c1-21(18-5-3-4-6-19(18)22(2)20(21)23)12-17-15-8-13-7-14(10-15)11-16(17)9-13/h3-6,13-17H,7-12H2,1-2H3. The largest absolute Gasteiger partial charge is 0.314 e. The number of para-hydroxylation sites is 1. The second kappa shape index (κ2) is 4.62. The lowest BCUT2D eigenvalue weighted by Crippen LogP contribution is -2.48. The summed E-state index contributed by atoms with van der Waals surface area (Å²) >= 11 is 0. The van der Waals surface area contributed by atoms with Crippen molar-refractivity contribution in [3.05, 3.63) is 29.8 Å². The molecule has 0 radical (unpaired) electrons. The first-order valence-corrected chi connectivity index (χ1v) is 9.44. The van der Waals surface area contributed by atoms with Gasteiger partial charge in [0.2, 0.25) is 5.91 Å². The number of fused-ring (bicyclic) bond motifs is 1. The van der Waals surface area contributed by atoms with Gasteiger partial charge in [-0.25, -0.2) is 0 Å². The molecule has 0 saturated heterocycles. The molecular formula is C21H27NO. The number of hydrogen-bond donors (Lipinski definition) is 0. The van der Waals surface area contributed by atoms with E-state index < -0.39 is 0 Å². The lowest BCUT2D eigenvalue weighted by atomic mass is 9.50. The molecule has 1 unspecified atom stereocenters. The van der Waals surface area contributed by atoms with E-state index >= 15 is 0 Å². The van der Waals surface area contributed by atoms with E-state index in [9.17, 15) is 4.79 Å². The molecule has 1 heterocycles. The van der Waals surface area contributed by atoms with Gasteiger partial charge in [-0.05, 0) is 86.7 Å². The van der Waals surface area contributed by atoms with Gasteiger partial charge in [0, 0.05) is 12.7 Å². The number of amides is 1. The summed E-state index contributed by atoms with van der Waals surface area (Å²) in [5, 5.41) is 0. The van der Waals surface area contributed by atoms with Crippen molar-refractivity contribution in [1.29, 1.82) is 0 Å². The molecule has 4 aliphatic carbocycles. The fraction of sp³-hybridized carbons (Fsp3) is 0.667. The van der Waals surface area contributed by atoms with Crippen LogP contribution in [0.2, 0.25) is 0 Å². The van der Waals surface area contributed by atoms with Gasteiger partial charge in [0.05, 0.1) is 5.41 Å². The van der Waals surface area contributed by atoms with Gasteiger partial charge >= 0.3 is 0 Å². The monoisotopic (exact) mass is 309 g/mol. The Balaban J connectivity index is 1.49. The zero-order valence-electron chi connectivity index (χ0n) is 14.3. The van der Waals surface area contributed by atoms with Crippen molar-refractivity contribution < 1.29 is 4.79 Å². The first-order valence-electron chi connectivity index (χ1n) is 9.44. The fourth-order valence-corrected chi connectivity index (χ4v) is 6.87. The van der Waals surface area contributed by atoms with Crippen molar-refractivity contribution >= 4 is 11.6 Å². The van der Waals surface area contributed by atoms with Gasteiger partial charge in [-0.15, -0.1) is 0 Å². The van der Waals surface area contributed by atoms with Crippen molar-refractivity contribution in [1.82, 2.24) is 0 Å². The van der Waals surface area contributed by atoms with Crippen molar-refractivity contribution in [3.8, 4) is 0 Å². The normalized spacial score (nSPS) is 44.0. The third-order valence-corrected chi connectivity index (χ3v) is 7.70. The molecule has 0 N–H and O–H groups in total. The third-order valence-electron chi connectivity index (χ3n) is 7.70. The summed E-state index contributed by atoms with van der Waals surface area (Å²) in [5.41, 5.74) is 2.09. The maximum absolute atomic E-state index is 13.1. The number of likely N-dealkylation sites (N-methyl/N-ethyl adjacent to an activating group) is 1. The van der Waals surface area contributed by atoms with E-state index in [1.807, 2.05) is 11.9 Å². The number of benzene rings is 1. The summed E-state index contributed by atoms with van der Waals surface area (Å²) in [5.74, 6) is 4.90. The molecule has 4 fully saturated rings. The number of hydrogen-bond acceptors (Lipinski definition) is 1. The van der Waals surface area contributed by atoms with Gasteiger partial charge < -0.3 is 4.90 Å². The van der Waals surface area contributed by atoms with Crippen LogP contribution in [-0.2, 0) is 10.2 Å². The summed E-state index contributed by atoms with van der Waals surface area (Å²) < 4.78 is 0. The van der Waals surface area contributed by atoms with Crippen LogP contribution in [0.5, 0.6) is 0 Å². The third kappa shape index (κ3) is 1.84. The molecule has 1 amide bonds. The number of rotatable bonds is 2. The molecule has 6 rings (SSSR count). The van der Waals surface area contributed by atoms with Crippen molar-refractivity contribution in [2.24, 2.45) is 29.6 Å². The highest BCUT2D eigenvalue weighted by molar-refractivity contribution is 6.07. The average Bonchev–Trinajstić information content (AvgIpc) is 2.73. The SMILES string of the molecule is CN1C(=O)C(C)(CC2C3CC4CC(C3)CC2C4)c2ccccc21. The summed E-state index contributed by atoms with van der Waals surface area (Å²) in [6.45, 7) is 2.21. The van der Waals surface area contributed by atoms with E-state index in [0.717, 1.165) is 41.7 Å². The minimum atomic E-state index is -0.300. The quantitative estimate of drug-likeness (QED) is 0.794. The molecule has 1 aromatic carbocycles. The zero-order valence-corrected chi connectivity index (χ0v) is 14.3. The average molecular weight is 309 g/mol. The van der Waals surface area contributed by atoms with Crippen molar-refractivity contribution in [3.63, 3.8) is 0 Å². The highest BCUT2D eigenvalue weighted by Crippen LogP contribution is 2.59. The second-order valence-corrected chi connectivity index (χ2v) is 9.01. The zero-order chi connectivity index (χ0) is 15.8. The topological polar surface area (TPSA) is 20.3 Å². The minimum Gasteiger partial charge on any atom is -0.314 e. The predicted octanol–water partition coefficient (Wildman–Crippen LogP) is 4.38. The summed E-state index contributed by atoms with van der Waals surface area (Å²) in [7, 11) is 1.95. The summed E-state index contributed by atoms with van der Waals surface area (Å²) in [4.78, 5) is 15.0. The van der Waals surface area contributed by atoms with Gasteiger partial charge in [-0.2, -0.15) is 0 Å². The van der Waals surface area contributed by atoms with Crippen LogP contribution in [0.15, 0.2) is 24.3 Å². The van der Waals surface area contributed by atoms with Crippen molar-refractivity contribution in [2.75, 3.05) is 11.9 Å². The maximum atomic E-state index is 13.1. The van der Waals surface area contributed by atoms with Crippen LogP contribution >= 0.6 is 0 Å². The molecule has 2 heteroatoms. The molecule has 1 aromatic rings. The van der Waals surface area contributed by atoms with E-state index in [1.54, 1.807) is 0 Å². The summed E-state index contributed by atoms with van der Waals surface area (Å²) in [6, 6.07) is 8.44. The molecule has 4 saturated carbocycles. The fourth-order valence-electron chi connectivity index (χ4n) is 6.87. The van der Waals surface area contributed by atoms with Crippen LogP contribution in [0.4, 0.5) is 5.69 Å².